The maximum atomic E-state index is 13.7. The van der Waals surface area contributed by atoms with Crippen molar-refractivity contribution in [1.82, 2.24) is 26.6 Å². The number of hydrogen-bond acceptors (Lipinski definition) is 7. The van der Waals surface area contributed by atoms with Crippen molar-refractivity contribution in [3.05, 3.63) is 100 Å². The van der Waals surface area contributed by atoms with Crippen LogP contribution >= 0.6 is 11.6 Å². The molecule has 7 N–H and O–H groups in total. The maximum absolute atomic E-state index is 13.7. The van der Waals surface area contributed by atoms with E-state index in [0.29, 0.717) is 53.1 Å². The molecular formula is C44H52ClFN6O8. The zero-order valence-electron chi connectivity index (χ0n) is 33.5. The van der Waals surface area contributed by atoms with Crippen LogP contribution < -0.4 is 31.9 Å². The van der Waals surface area contributed by atoms with Gasteiger partial charge in [0, 0.05) is 42.9 Å². The summed E-state index contributed by atoms with van der Waals surface area (Å²) < 4.78 is 13.4. The predicted octanol–water partition coefficient (Wildman–Crippen LogP) is 4.13. The second-order valence-electron chi connectivity index (χ2n) is 15.8. The number of carboxylic acid groups (broad SMARTS) is 1. The molecule has 1 saturated heterocycles. The fraction of sp³-hybridized carbons (Fsp3) is 0.432. The van der Waals surface area contributed by atoms with E-state index in [9.17, 15) is 43.1 Å². The van der Waals surface area contributed by atoms with E-state index in [0.717, 1.165) is 12.8 Å². The summed E-state index contributed by atoms with van der Waals surface area (Å²) >= 11 is 6.40. The monoisotopic (exact) mass is 846 g/mol. The molecular weight excluding hydrogens is 795 g/mol. The second kappa shape index (κ2) is 21.4. The normalized spacial score (nSPS) is 20.9. The molecule has 320 valence electrons. The van der Waals surface area contributed by atoms with Crippen LogP contribution in [0, 0.1) is 11.2 Å². The van der Waals surface area contributed by atoms with Gasteiger partial charge in [0.05, 0.1) is 6.42 Å². The number of carboxylic acids is 1. The average molecular weight is 847 g/mol. The molecule has 16 heteroatoms. The van der Waals surface area contributed by atoms with Crippen molar-refractivity contribution < 1.29 is 43.1 Å². The van der Waals surface area contributed by atoms with Gasteiger partial charge in [0.1, 0.15) is 30.0 Å². The van der Waals surface area contributed by atoms with Gasteiger partial charge in [0.15, 0.2) is 0 Å². The molecule has 3 aromatic rings. The maximum Gasteiger partial charge on any atom is 0.326 e. The van der Waals surface area contributed by atoms with E-state index < -0.39 is 76.8 Å². The van der Waals surface area contributed by atoms with Crippen LogP contribution in [-0.2, 0) is 52.8 Å². The van der Waals surface area contributed by atoms with E-state index in [1.807, 2.05) is 0 Å². The highest BCUT2D eigenvalue weighted by atomic mass is 35.5. The lowest BCUT2D eigenvalue weighted by molar-refractivity contribution is -0.142. The van der Waals surface area contributed by atoms with E-state index >= 15 is 0 Å². The van der Waals surface area contributed by atoms with E-state index in [-0.39, 0.29) is 45.1 Å². The summed E-state index contributed by atoms with van der Waals surface area (Å²) in [5.41, 5.74) is 1.49. The topological polar surface area (TPSA) is 212 Å². The van der Waals surface area contributed by atoms with Gasteiger partial charge in [-0.25, -0.2) is 9.18 Å². The summed E-state index contributed by atoms with van der Waals surface area (Å²) in [5.74, 6) is -4.54. The van der Waals surface area contributed by atoms with Gasteiger partial charge < -0.3 is 37.0 Å². The number of rotatable bonds is 10. The summed E-state index contributed by atoms with van der Waals surface area (Å²) in [5, 5.41) is 26.6. The van der Waals surface area contributed by atoms with Gasteiger partial charge in [-0.1, -0.05) is 66.9 Å². The van der Waals surface area contributed by atoms with Crippen molar-refractivity contribution in [3.63, 3.8) is 0 Å². The van der Waals surface area contributed by atoms with Crippen LogP contribution in [0.25, 0.3) is 0 Å². The standard InChI is InChI=1S/C44H52ClFN6O8/c1-27-40(56)47-21-7-4-10-34(43(59)60)50-38(54)25-44(19-5-6-20-44)26-39(55)52-35(41(57)48-27)22-28-13-17-32(18-14-28)49-42(58)36(24-30-8-2-3-9-33(30)45)51-37(53)23-29-11-15-31(46)16-12-29/h2-3,8-9,11-18,27,34-36H,4-7,10,19-26H2,1H3,(H,47,56)(H,48,57)(H,49,58)(H,50,54)(H,51,53)(H,52,55)(H,59,60)/t27-,34+,35-,36+/m1/s1. The first-order chi connectivity index (χ1) is 28.7. The van der Waals surface area contributed by atoms with Gasteiger partial charge in [0.25, 0.3) is 0 Å². The van der Waals surface area contributed by atoms with Gasteiger partial charge in [-0.15, -0.1) is 0 Å². The molecule has 14 nitrogen and oxygen atoms in total. The number of benzene rings is 3. The number of carbonyl (C=O) groups excluding carboxylic acids is 6. The first kappa shape index (κ1) is 45.3. The number of carbonyl (C=O) groups is 7. The predicted molar refractivity (Wildman–Crippen MR) is 222 cm³/mol. The molecule has 0 bridgehead atoms. The third-order valence-electron chi connectivity index (χ3n) is 11.0. The molecule has 1 spiro atoms. The third-order valence-corrected chi connectivity index (χ3v) is 11.3. The molecule has 60 heavy (non-hydrogen) atoms. The van der Waals surface area contributed by atoms with Crippen LogP contribution in [-0.4, -0.2) is 77.2 Å². The van der Waals surface area contributed by atoms with E-state index in [4.69, 9.17) is 11.6 Å². The van der Waals surface area contributed by atoms with Gasteiger partial charge in [0.2, 0.25) is 35.4 Å². The Morgan fingerprint density at radius 1 is 0.833 bits per heavy atom. The van der Waals surface area contributed by atoms with Crippen molar-refractivity contribution in [2.45, 2.75) is 108 Å². The lowest BCUT2D eigenvalue weighted by atomic mass is 9.78. The molecule has 0 aromatic heterocycles. The van der Waals surface area contributed by atoms with E-state index in [1.54, 1.807) is 48.5 Å². The zero-order chi connectivity index (χ0) is 43.2. The summed E-state index contributed by atoms with van der Waals surface area (Å²) in [6, 6.07) is 14.8. The summed E-state index contributed by atoms with van der Waals surface area (Å²) in [6.07, 6.45) is 3.76. The summed E-state index contributed by atoms with van der Waals surface area (Å²) in [6.45, 7) is 1.75. The number of amides is 6. The van der Waals surface area contributed by atoms with Crippen molar-refractivity contribution in [2.75, 3.05) is 11.9 Å². The summed E-state index contributed by atoms with van der Waals surface area (Å²) in [4.78, 5) is 92.1. The number of anilines is 1. The fourth-order valence-corrected chi connectivity index (χ4v) is 7.93. The Bertz CT molecular complexity index is 2030. The molecule has 1 aliphatic heterocycles. The van der Waals surface area contributed by atoms with Crippen molar-refractivity contribution in [2.24, 2.45) is 5.41 Å². The Hall–Kier alpha value is -5.83. The Labute approximate surface area is 353 Å². The highest BCUT2D eigenvalue weighted by Crippen LogP contribution is 2.44. The molecule has 5 rings (SSSR count). The highest BCUT2D eigenvalue weighted by molar-refractivity contribution is 6.31. The summed E-state index contributed by atoms with van der Waals surface area (Å²) in [7, 11) is 0. The van der Waals surface area contributed by atoms with Gasteiger partial charge in [-0.2, -0.15) is 0 Å². The first-order valence-corrected chi connectivity index (χ1v) is 20.6. The smallest absolute Gasteiger partial charge is 0.326 e. The highest BCUT2D eigenvalue weighted by Gasteiger charge is 2.39. The quantitative estimate of drug-likeness (QED) is 0.157. The molecule has 2 aliphatic rings. The van der Waals surface area contributed by atoms with Crippen LogP contribution in [0.1, 0.15) is 81.4 Å². The molecule has 3 aromatic carbocycles. The third kappa shape index (κ3) is 13.6. The van der Waals surface area contributed by atoms with Crippen molar-refractivity contribution in [3.8, 4) is 0 Å². The first-order valence-electron chi connectivity index (χ1n) is 20.3. The fourth-order valence-electron chi connectivity index (χ4n) is 7.71. The Kier molecular flexibility index (Phi) is 16.2. The Morgan fingerprint density at radius 3 is 2.15 bits per heavy atom. The molecule has 1 aliphatic carbocycles. The minimum absolute atomic E-state index is 0.0164. The number of hydrogen-bond donors (Lipinski definition) is 7. The molecule has 0 radical (unpaired) electrons. The van der Waals surface area contributed by atoms with Crippen molar-refractivity contribution >= 4 is 58.7 Å². The molecule has 0 unspecified atom stereocenters. The van der Waals surface area contributed by atoms with Crippen LogP contribution in [0.3, 0.4) is 0 Å². The number of halogens is 2. The Morgan fingerprint density at radius 2 is 1.48 bits per heavy atom. The largest absolute Gasteiger partial charge is 0.480 e. The SMILES string of the molecule is C[C@H]1NC(=O)[C@@H](Cc2ccc(NC(=O)[C@H](Cc3ccccc3Cl)NC(=O)Cc3ccc(F)cc3)cc2)NC(=O)CC2(CCCC2)CC(=O)N[C@H](C(=O)O)CCCCNC1=O. The lowest BCUT2D eigenvalue weighted by Crippen LogP contribution is -2.54. The molecule has 6 amide bonds. The number of nitrogens with one attached hydrogen (secondary N) is 6. The lowest BCUT2D eigenvalue weighted by Gasteiger charge is -2.30. The molecule has 1 heterocycles. The van der Waals surface area contributed by atoms with Gasteiger partial charge in [-0.05, 0) is 91.5 Å². The number of aliphatic carboxylic acids is 1. The van der Waals surface area contributed by atoms with Crippen LogP contribution in [0.4, 0.5) is 10.1 Å². The van der Waals surface area contributed by atoms with E-state index in [1.165, 1.54) is 31.2 Å². The van der Waals surface area contributed by atoms with E-state index in [2.05, 4.69) is 31.9 Å². The van der Waals surface area contributed by atoms with Crippen LogP contribution in [0.15, 0.2) is 72.8 Å². The van der Waals surface area contributed by atoms with Crippen molar-refractivity contribution in [1.29, 1.82) is 0 Å². The van der Waals surface area contributed by atoms with Crippen LogP contribution in [0.2, 0.25) is 5.02 Å². The zero-order valence-corrected chi connectivity index (χ0v) is 34.2. The second-order valence-corrected chi connectivity index (χ2v) is 16.2. The average Bonchev–Trinajstić information content (AvgIpc) is 3.65. The Balaban J connectivity index is 1.30. The minimum atomic E-state index is -1.16. The van der Waals surface area contributed by atoms with Gasteiger partial charge >= 0.3 is 5.97 Å². The molecule has 1 saturated carbocycles. The minimum Gasteiger partial charge on any atom is -0.480 e. The molecule has 2 fully saturated rings. The molecule has 4 atom stereocenters. The van der Waals surface area contributed by atoms with Crippen LogP contribution in [0.5, 0.6) is 0 Å². The van der Waals surface area contributed by atoms with Gasteiger partial charge in [-0.3, -0.25) is 28.8 Å².